The smallest absolute Gasteiger partial charge is 0.161 e. The summed E-state index contributed by atoms with van der Waals surface area (Å²) in [4.78, 5) is 1.69. The van der Waals surface area contributed by atoms with Crippen LogP contribution in [0, 0.1) is 29.1 Å². The molecule has 0 fully saturated rings. The summed E-state index contributed by atoms with van der Waals surface area (Å²) in [6.07, 6.45) is 2.47. The van der Waals surface area contributed by atoms with Gasteiger partial charge in [0.15, 0.2) is 11.6 Å². The molecule has 4 rings (SSSR count). The first-order valence-corrected chi connectivity index (χ1v) is 8.92. The molecule has 1 aliphatic rings. The monoisotopic (exact) mass is 392 g/mol. The molecule has 2 nitrogen and oxygen atoms in total. The van der Waals surface area contributed by atoms with Gasteiger partial charge in [0.25, 0.3) is 0 Å². The average Bonchev–Trinajstić information content (AvgIpc) is 3.03. The minimum atomic E-state index is -1.28. The number of aromatic nitrogens is 1. The quantitative estimate of drug-likeness (QED) is 0.441. The van der Waals surface area contributed by atoms with Gasteiger partial charge < -0.3 is 4.57 Å². The lowest BCUT2D eigenvalue weighted by atomic mass is 9.99. The van der Waals surface area contributed by atoms with E-state index in [1.54, 1.807) is 17.0 Å². The Morgan fingerprint density at radius 2 is 1.50 bits per heavy atom. The summed E-state index contributed by atoms with van der Waals surface area (Å²) >= 11 is 0. The SMILES string of the molecule is Fc1cc(F)c([C@@H]2c3cccn3CCCN2Cc2c(F)cccc2F)cc1F. The van der Waals surface area contributed by atoms with Gasteiger partial charge in [0.05, 0.1) is 6.04 Å². The first-order chi connectivity index (χ1) is 13.5. The highest BCUT2D eigenvalue weighted by Crippen LogP contribution is 2.35. The van der Waals surface area contributed by atoms with E-state index in [9.17, 15) is 22.0 Å². The Balaban J connectivity index is 1.84. The van der Waals surface area contributed by atoms with E-state index in [1.807, 2.05) is 10.8 Å². The van der Waals surface area contributed by atoms with Crippen molar-refractivity contribution in [2.24, 2.45) is 0 Å². The van der Waals surface area contributed by atoms with E-state index >= 15 is 0 Å². The van der Waals surface area contributed by atoms with Crippen molar-refractivity contribution in [2.75, 3.05) is 6.54 Å². The maximum Gasteiger partial charge on any atom is 0.161 e. The molecule has 0 spiro atoms. The Morgan fingerprint density at radius 1 is 0.786 bits per heavy atom. The lowest BCUT2D eigenvalue weighted by Gasteiger charge is -2.31. The summed E-state index contributed by atoms with van der Waals surface area (Å²) < 4.78 is 72.3. The standard InChI is InChI=1S/C21H17F5N2/c22-15-4-1-5-16(23)14(15)12-28-9-3-8-27-7-2-6-20(27)21(28)13-10-18(25)19(26)11-17(13)24/h1-2,4-7,10-11,21H,3,8-9,12H2/t21-/m1/s1. The fourth-order valence-corrected chi connectivity index (χ4v) is 3.80. The van der Waals surface area contributed by atoms with Crippen LogP contribution in [0.1, 0.15) is 29.3 Å². The molecular formula is C21H17F5N2. The summed E-state index contributed by atoms with van der Waals surface area (Å²) in [7, 11) is 0. The molecule has 0 amide bonds. The molecule has 0 unspecified atom stereocenters. The Labute approximate surface area is 158 Å². The zero-order valence-electron chi connectivity index (χ0n) is 14.8. The van der Waals surface area contributed by atoms with E-state index in [1.165, 1.54) is 6.07 Å². The number of hydrogen-bond acceptors (Lipinski definition) is 1. The summed E-state index contributed by atoms with van der Waals surface area (Å²) in [5, 5.41) is 0. The van der Waals surface area contributed by atoms with Crippen LogP contribution in [0.3, 0.4) is 0 Å². The molecule has 0 saturated heterocycles. The minimum Gasteiger partial charge on any atom is -0.350 e. The van der Waals surface area contributed by atoms with Crippen molar-refractivity contribution in [1.82, 2.24) is 9.47 Å². The third-order valence-electron chi connectivity index (χ3n) is 5.11. The van der Waals surface area contributed by atoms with Crippen LogP contribution in [0.4, 0.5) is 22.0 Å². The zero-order chi connectivity index (χ0) is 19.8. The number of rotatable bonds is 3. The highest BCUT2D eigenvalue weighted by atomic mass is 19.2. The number of aryl methyl sites for hydroxylation is 1. The Hall–Kier alpha value is -2.67. The third kappa shape index (κ3) is 3.30. The van der Waals surface area contributed by atoms with Gasteiger partial charge in [-0.25, -0.2) is 22.0 Å². The zero-order valence-corrected chi connectivity index (χ0v) is 14.8. The van der Waals surface area contributed by atoms with Crippen molar-refractivity contribution in [3.8, 4) is 0 Å². The van der Waals surface area contributed by atoms with Gasteiger partial charge in [-0.1, -0.05) is 6.07 Å². The van der Waals surface area contributed by atoms with E-state index in [2.05, 4.69) is 0 Å². The van der Waals surface area contributed by atoms with Crippen LogP contribution in [-0.4, -0.2) is 16.0 Å². The molecule has 2 aromatic carbocycles. The van der Waals surface area contributed by atoms with Gasteiger partial charge in [-0.2, -0.15) is 0 Å². The van der Waals surface area contributed by atoms with Crippen LogP contribution >= 0.6 is 0 Å². The molecular weight excluding hydrogens is 375 g/mol. The topological polar surface area (TPSA) is 8.17 Å². The molecule has 146 valence electrons. The molecule has 0 N–H and O–H groups in total. The van der Waals surface area contributed by atoms with Crippen molar-refractivity contribution in [1.29, 1.82) is 0 Å². The minimum absolute atomic E-state index is 0.0718. The Morgan fingerprint density at radius 3 is 2.25 bits per heavy atom. The molecule has 0 aliphatic carbocycles. The number of halogens is 5. The van der Waals surface area contributed by atoms with Crippen LogP contribution < -0.4 is 0 Å². The number of benzene rings is 2. The van der Waals surface area contributed by atoms with Crippen molar-refractivity contribution in [2.45, 2.75) is 25.6 Å². The van der Waals surface area contributed by atoms with Gasteiger partial charge in [0.1, 0.15) is 17.5 Å². The molecule has 1 atom stereocenters. The largest absolute Gasteiger partial charge is 0.350 e. The predicted molar refractivity (Wildman–Crippen MR) is 94.0 cm³/mol. The summed E-state index contributed by atoms with van der Waals surface area (Å²) in [6.45, 7) is 0.895. The molecule has 28 heavy (non-hydrogen) atoms. The summed E-state index contributed by atoms with van der Waals surface area (Å²) in [5.41, 5.74) is 0.437. The number of nitrogens with zero attached hydrogens (tertiary/aromatic N) is 2. The van der Waals surface area contributed by atoms with E-state index < -0.39 is 35.1 Å². The first-order valence-electron chi connectivity index (χ1n) is 8.92. The van der Waals surface area contributed by atoms with Crippen molar-refractivity contribution >= 4 is 0 Å². The Kier molecular flexibility index (Phi) is 4.93. The molecule has 3 aromatic rings. The van der Waals surface area contributed by atoms with Crippen LogP contribution in [0.15, 0.2) is 48.7 Å². The first kappa shape index (κ1) is 18.7. The van der Waals surface area contributed by atoms with Gasteiger partial charge in [-0.15, -0.1) is 0 Å². The van der Waals surface area contributed by atoms with Crippen LogP contribution in [0.2, 0.25) is 0 Å². The second-order valence-corrected chi connectivity index (χ2v) is 6.84. The van der Waals surface area contributed by atoms with E-state index in [0.29, 0.717) is 31.3 Å². The Bertz CT molecular complexity index is 994. The van der Waals surface area contributed by atoms with E-state index in [0.717, 1.165) is 18.2 Å². The predicted octanol–water partition coefficient (Wildman–Crippen LogP) is 5.18. The van der Waals surface area contributed by atoms with E-state index in [4.69, 9.17) is 0 Å². The molecule has 1 aliphatic heterocycles. The van der Waals surface area contributed by atoms with Gasteiger partial charge in [0, 0.05) is 48.7 Å². The fraction of sp³-hybridized carbons (Fsp3) is 0.238. The van der Waals surface area contributed by atoms with Crippen molar-refractivity contribution < 1.29 is 22.0 Å². The lowest BCUT2D eigenvalue weighted by Crippen LogP contribution is -2.31. The van der Waals surface area contributed by atoms with Gasteiger partial charge >= 0.3 is 0 Å². The summed E-state index contributed by atoms with van der Waals surface area (Å²) in [6, 6.07) is 7.63. The lowest BCUT2D eigenvalue weighted by molar-refractivity contribution is 0.210. The molecule has 0 radical (unpaired) electrons. The van der Waals surface area contributed by atoms with Crippen molar-refractivity contribution in [3.05, 3.63) is 94.6 Å². The maximum absolute atomic E-state index is 14.6. The highest BCUT2D eigenvalue weighted by molar-refractivity contribution is 5.32. The molecule has 2 heterocycles. The molecule has 0 saturated carbocycles. The van der Waals surface area contributed by atoms with Gasteiger partial charge in [0.2, 0.25) is 0 Å². The molecule has 7 heteroatoms. The van der Waals surface area contributed by atoms with Crippen LogP contribution in [0.25, 0.3) is 0 Å². The normalized spacial score (nSPS) is 17.4. The van der Waals surface area contributed by atoms with Crippen LogP contribution in [0.5, 0.6) is 0 Å². The molecule has 0 bridgehead atoms. The summed E-state index contributed by atoms with van der Waals surface area (Å²) in [5.74, 6) is -4.77. The second kappa shape index (κ2) is 7.39. The highest BCUT2D eigenvalue weighted by Gasteiger charge is 2.31. The number of hydrogen-bond donors (Lipinski definition) is 0. The number of fused-ring (bicyclic) bond motifs is 1. The van der Waals surface area contributed by atoms with Gasteiger partial charge in [-0.3, -0.25) is 4.90 Å². The van der Waals surface area contributed by atoms with Crippen LogP contribution in [-0.2, 0) is 13.1 Å². The third-order valence-corrected chi connectivity index (χ3v) is 5.11. The average molecular weight is 392 g/mol. The maximum atomic E-state index is 14.6. The van der Waals surface area contributed by atoms with Gasteiger partial charge in [-0.05, 0) is 36.8 Å². The second-order valence-electron chi connectivity index (χ2n) is 6.84. The molecule has 1 aromatic heterocycles. The van der Waals surface area contributed by atoms with E-state index in [-0.39, 0.29) is 17.7 Å². The fourth-order valence-electron chi connectivity index (χ4n) is 3.80. The van der Waals surface area contributed by atoms with Crippen molar-refractivity contribution in [3.63, 3.8) is 0 Å².